The average molecular weight is 221 g/mol. The van der Waals surface area contributed by atoms with Crippen molar-refractivity contribution in [2.75, 3.05) is 6.61 Å². The highest BCUT2D eigenvalue weighted by molar-refractivity contribution is 5.73. The van der Waals surface area contributed by atoms with Crippen molar-refractivity contribution in [1.82, 2.24) is 5.32 Å². The minimum Gasteiger partial charge on any atom is -0.394 e. The van der Waals surface area contributed by atoms with E-state index in [1.807, 2.05) is 0 Å². The summed E-state index contributed by atoms with van der Waals surface area (Å²) in [7, 11) is 0. The van der Waals surface area contributed by atoms with Crippen LogP contribution in [0.2, 0.25) is 0 Å². The number of amides is 1. The molecule has 0 spiro atoms. The maximum Gasteiger partial charge on any atom is 0.217 e. The van der Waals surface area contributed by atoms with Gasteiger partial charge in [0.15, 0.2) is 6.29 Å². The molecule has 7 nitrogen and oxygen atoms in total. The number of rotatable bonds is 2. The molecule has 1 amide bonds. The lowest BCUT2D eigenvalue weighted by molar-refractivity contribution is -0.262. The van der Waals surface area contributed by atoms with Gasteiger partial charge < -0.3 is 30.5 Å². The molecular formula is C8H15NO6. The highest BCUT2D eigenvalue weighted by Gasteiger charge is 2.43. The van der Waals surface area contributed by atoms with Crippen LogP contribution in [0.1, 0.15) is 6.92 Å². The van der Waals surface area contributed by atoms with Crippen LogP contribution in [0.4, 0.5) is 0 Å². The fourth-order valence-electron chi connectivity index (χ4n) is 1.51. The second-order valence-electron chi connectivity index (χ2n) is 3.46. The van der Waals surface area contributed by atoms with E-state index < -0.39 is 43.2 Å². The van der Waals surface area contributed by atoms with Gasteiger partial charge >= 0.3 is 0 Å². The van der Waals surface area contributed by atoms with Crippen LogP contribution in [0.3, 0.4) is 0 Å². The number of aliphatic hydroxyl groups excluding tert-OH is 4. The zero-order chi connectivity index (χ0) is 11.6. The maximum atomic E-state index is 10.8. The minimum atomic E-state index is -1.57. The summed E-state index contributed by atoms with van der Waals surface area (Å²) >= 11 is 0. The molecule has 1 unspecified atom stereocenters. The summed E-state index contributed by atoms with van der Waals surface area (Å²) in [4.78, 5) is 10.8. The molecule has 5 N–H and O–H groups in total. The van der Waals surface area contributed by atoms with Crippen LogP contribution in [0, 0.1) is 0 Å². The predicted molar refractivity (Wildman–Crippen MR) is 47.6 cm³/mol. The normalized spacial score (nSPS) is 41.3. The summed E-state index contributed by atoms with van der Waals surface area (Å²) < 4.78 is 4.81. The molecule has 0 aromatic heterocycles. The highest BCUT2D eigenvalue weighted by Crippen LogP contribution is 2.19. The number of nitrogens with one attached hydrogen (secondary N) is 1. The Kier molecular flexibility index (Phi) is 4.00. The van der Waals surface area contributed by atoms with Crippen molar-refractivity contribution in [1.29, 1.82) is 0 Å². The molecule has 1 rings (SSSR count). The van der Waals surface area contributed by atoms with Gasteiger partial charge in [-0.2, -0.15) is 0 Å². The summed E-state index contributed by atoms with van der Waals surface area (Å²) in [5.74, 6) is -0.426. The summed E-state index contributed by atoms with van der Waals surface area (Å²) in [6.07, 6.45) is -5.40. The predicted octanol–water partition coefficient (Wildman–Crippen LogP) is -3.08. The van der Waals surface area contributed by atoms with Crippen molar-refractivity contribution in [3.8, 4) is 0 Å². The van der Waals surface area contributed by atoms with Crippen LogP contribution in [0.15, 0.2) is 0 Å². The lowest BCUT2D eigenvalue weighted by Crippen LogP contribution is -2.64. The molecule has 0 aromatic rings. The minimum absolute atomic E-state index is 0.426. The van der Waals surface area contributed by atoms with Crippen molar-refractivity contribution >= 4 is 5.91 Å². The topological polar surface area (TPSA) is 119 Å². The smallest absolute Gasteiger partial charge is 0.217 e. The van der Waals surface area contributed by atoms with E-state index in [4.69, 9.17) is 14.9 Å². The molecule has 1 aliphatic heterocycles. The first-order valence-corrected chi connectivity index (χ1v) is 4.55. The van der Waals surface area contributed by atoms with Crippen LogP contribution in [-0.2, 0) is 9.53 Å². The summed E-state index contributed by atoms with van der Waals surface area (Å²) in [5.41, 5.74) is 0. The fourth-order valence-corrected chi connectivity index (χ4v) is 1.51. The molecule has 0 bridgehead atoms. The molecule has 15 heavy (non-hydrogen) atoms. The number of hydrogen-bond acceptors (Lipinski definition) is 6. The van der Waals surface area contributed by atoms with Crippen LogP contribution >= 0.6 is 0 Å². The van der Waals surface area contributed by atoms with E-state index >= 15 is 0 Å². The van der Waals surface area contributed by atoms with Gasteiger partial charge in [0, 0.05) is 6.92 Å². The Labute approximate surface area is 86.3 Å². The average Bonchev–Trinajstić information content (AvgIpc) is 2.18. The standard InChI is InChI=1S/C8H15NO6/c1-3(11)9-5-4(2-10)15-8(14)7(13)6(5)12/h4-8,10,12-14H,2H2,1H3,(H,9,11)/t4-,5-,6-,7+,8?/m1/s1. The number of carbonyl (C=O) groups is 1. The Bertz CT molecular complexity index is 233. The molecule has 0 aromatic carbocycles. The van der Waals surface area contributed by atoms with Gasteiger partial charge in [0.25, 0.3) is 0 Å². The van der Waals surface area contributed by atoms with Crippen molar-refractivity contribution < 1.29 is 30.0 Å². The van der Waals surface area contributed by atoms with E-state index in [1.165, 1.54) is 6.92 Å². The monoisotopic (exact) mass is 221 g/mol. The number of aliphatic hydroxyl groups is 4. The van der Waals surface area contributed by atoms with E-state index in [9.17, 15) is 15.0 Å². The highest BCUT2D eigenvalue weighted by atomic mass is 16.6. The van der Waals surface area contributed by atoms with Gasteiger partial charge in [-0.25, -0.2) is 0 Å². The Morgan fingerprint density at radius 3 is 2.40 bits per heavy atom. The van der Waals surface area contributed by atoms with Gasteiger partial charge in [-0.05, 0) is 0 Å². The summed E-state index contributed by atoms with van der Waals surface area (Å²) in [6.45, 7) is 0.754. The quantitative estimate of drug-likeness (QED) is 0.337. The molecule has 5 atom stereocenters. The third-order valence-corrected chi connectivity index (χ3v) is 2.27. The van der Waals surface area contributed by atoms with E-state index in [1.54, 1.807) is 0 Å². The van der Waals surface area contributed by atoms with E-state index in [2.05, 4.69) is 5.32 Å². The third-order valence-electron chi connectivity index (χ3n) is 2.27. The molecule has 0 radical (unpaired) electrons. The van der Waals surface area contributed by atoms with E-state index in [0.29, 0.717) is 0 Å². The molecule has 1 aliphatic rings. The van der Waals surface area contributed by atoms with Gasteiger partial charge in [-0.3, -0.25) is 4.79 Å². The zero-order valence-electron chi connectivity index (χ0n) is 8.20. The maximum absolute atomic E-state index is 10.8. The van der Waals surface area contributed by atoms with Gasteiger partial charge in [0.05, 0.1) is 12.6 Å². The fraction of sp³-hybridized carbons (Fsp3) is 0.875. The van der Waals surface area contributed by atoms with Crippen LogP contribution in [0.25, 0.3) is 0 Å². The third kappa shape index (κ3) is 2.64. The SMILES string of the molecule is CC(=O)N[C@H]1[C@@H](O)[C@H](O)C(O)O[C@@H]1CO. The van der Waals surface area contributed by atoms with Gasteiger partial charge in [0.2, 0.25) is 5.91 Å². The lowest BCUT2D eigenvalue weighted by atomic mass is 9.96. The van der Waals surface area contributed by atoms with Crippen molar-refractivity contribution in [2.45, 2.75) is 37.6 Å². The summed E-state index contributed by atoms with van der Waals surface area (Å²) in [5, 5.41) is 39.2. The Morgan fingerprint density at radius 1 is 1.33 bits per heavy atom. The van der Waals surface area contributed by atoms with Crippen molar-refractivity contribution in [3.63, 3.8) is 0 Å². The summed E-state index contributed by atoms with van der Waals surface area (Å²) in [6, 6.07) is -0.939. The number of carbonyl (C=O) groups excluding carboxylic acids is 1. The lowest BCUT2D eigenvalue weighted by Gasteiger charge is -2.40. The Morgan fingerprint density at radius 2 is 1.93 bits per heavy atom. The second kappa shape index (κ2) is 4.86. The molecule has 7 heteroatoms. The van der Waals surface area contributed by atoms with Crippen LogP contribution in [-0.4, -0.2) is 63.6 Å². The van der Waals surface area contributed by atoms with Crippen molar-refractivity contribution in [2.24, 2.45) is 0 Å². The Hall–Kier alpha value is -0.730. The molecule has 88 valence electrons. The van der Waals surface area contributed by atoms with Gasteiger partial charge in [0.1, 0.15) is 18.3 Å². The van der Waals surface area contributed by atoms with E-state index in [-0.39, 0.29) is 0 Å². The molecule has 1 saturated heterocycles. The molecule has 0 saturated carbocycles. The second-order valence-corrected chi connectivity index (χ2v) is 3.46. The van der Waals surface area contributed by atoms with Crippen LogP contribution < -0.4 is 5.32 Å². The molecule has 1 fully saturated rings. The zero-order valence-corrected chi connectivity index (χ0v) is 8.20. The van der Waals surface area contributed by atoms with Crippen LogP contribution in [0.5, 0.6) is 0 Å². The number of hydrogen-bond donors (Lipinski definition) is 5. The largest absolute Gasteiger partial charge is 0.394 e. The van der Waals surface area contributed by atoms with Gasteiger partial charge in [-0.15, -0.1) is 0 Å². The molecular weight excluding hydrogens is 206 g/mol. The van der Waals surface area contributed by atoms with E-state index in [0.717, 1.165) is 0 Å². The van der Waals surface area contributed by atoms with Crippen molar-refractivity contribution in [3.05, 3.63) is 0 Å². The Balaban J connectivity index is 2.75. The first-order valence-electron chi connectivity index (χ1n) is 4.55. The molecule has 0 aliphatic carbocycles. The molecule has 1 heterocycles. The first-order chi connectivity index (χ1) is 6.97. The van der Waals surface area contributed by atoms with Gasteiger partial charge in [-0.1, -0.05) is 0 Å². The first kappa shape index (κ1) is 12.3. The number of ether oxygens (including phenoxy) is 1.